The van der Waals surface area contributed by atoms with E-state index >= 15 is 0 Å². The van der Waals surface area contributed by atoms with Gasteiger partial charge >= 0.3 is 0 Å². The molecule has 43 heavy (non-hydrogen) atoms. The molecular formula is C37H30N2O2S2. The number of aromatic hydroxyl groups is 2. The number of fused-ring (bicyclic) bond motifs is 3. The van der Waals surface area contributed by atoms with Gasteiger partial charge in [0.05, 0.1) is 22.4 Å². The molecule has 7 rings (SSSR count). The number of pyridine rings is 2. The van der Waals surface area contributed by atoms with Crippen LogP contribution in [0.1, 0.15) is 31.9 Å². The average molecular weight is 599 g/mol. The number of aromatic nitrogens is 2. The van der Waals surface area contributed by atoms with Crippen LogP contribution >= 0.6 is 22.7 Å². The van der Waals surface area contributed by atoms with E-state index in [-0.39, 0.29) is 16.9 Å². The Bertz CT molecular complexity index is 2140. The summed E-state index contributed by atoms with van der Waals surface area (Å²) in [5.41, 5.74) is 7.93. The van der Waals surface area contributed by atoms with E-state index in [1.165, 1.54) is 0 Å². The van der Waals surface area contributed by atoms with Crippen LogP contribution in [-0.4, -0.2) is 20.2 Å². The molecule has 212 valence electrons. The van der Waals surface area contributed by atoms with E-state index < -0.39 is 0 Å². The van der Waals surface area contributed by atoms with Gasteiger partial charge in [0.15, 0.2) is 0 Å². The van der Waals surface area contributed by atoms with Crippen molar-refractivity contribution < 1.29 is 10.2 Å². The number of hydrogen-bond donors (Lipinski definition) is 2. The summed E-state index contributed by atoms with van der Waals surface area (Å²) in [6.45, 7) is 8.57. The summed E-state index contributed by atoms with van der Waals surface area (Å²) in [6, 6.07) is 28.3. The van der Waals surface area contributed by atoms with Crippen molar-refractivity contribution in [2.24, 2.45) is 0 Å². The number of rotatable bonds is 4. The Morgan fingerprint density at radius 1 is 0.581 bits per heavy atom. The van der Waals surface area contributed by atoms with Crippen LogP contribution in [0.4, 0.5) is 0 Å². The largest absolute Gasteiger partial charge is 0.507 e. The predicted molar refractivity (Wildman–Crippen MR) is 181 cm³/mol. The zero-order valence-corrected chi connectivity index (χ0v) is 26.0. The van der Waals surface area contributed by atoms with Crippen molar-refractivity contribution in [3.05, 3.63) is 107 Å². The lowest BCUT2D eigenvalue weighted by atomic mass is 9.84. The van der Waals surface area contributed by atoms with Crippen LogP contribution in [0.25, 0.3) is 65.2 Å². The quantitative estimate of drug-likeness (QED) is 0.198. The van der Waals surface area contributed by atoms with Crippen LogP contribution in [0.3, 0.4) is 0 Å². The smallest absolute Gasteiger partial charge is 0.133 e. The highest BCUT2D eigenvalue weighted by atomic mass is 32.1. The van der Waals surface area contributed by atoms with Crippen LogP contribution in [0.5, 0.6) is 11.5 Å². The lowest BCUT2D eigenvalue weighted by Crippen LogP contribution is -2.11. The van der Waals surface area contributed by atoms with E-state index in [0.29, 0.717) is 22.5 Å². The third kappa shape index (κ3) is 4.86. The normalized spacial score (nSPS) is 11.9. The van der Waals surface area contributed by atoms with Gasteiger partial charge in [-0.05, 0) is 82.8 Å². The number of hydrogen-bond acceptors (Lipinski definition) is 6. The van der Waals surface area contributed by atoms with Gasteiger partial charge in [-0.2, -0.15) is 0 Å². The van der Waals surface area contributed by atoms with Crippen LogP contribution in [0, 0.1) is 6.92 Å². The fraction of sp³-hybridized carbons (Fsp3) is 0.135. The van der Waals surface area contributed by atoms with Gasteiger partial charge in [0, 0.05) is 42.8 Å². The molecule has 0 atom stereocenters. The highest BCUT2D eigenvalue weighted by Gasteiger charge is 2.22. The maximum absolute atomic E-state index is 11.6. The van der Waals surface area contributed by atoms with Crippen LogP contribution in [0.15, 0.2) is 95.7 Å². The SMILES string of the molecule is Cc1cc(-c2ccc3ccc4ccc(-c5cc(C(C)(C)C)cc(-c6cccs6)c5O)nc4c3n2)c(O)c(-c2cccs2)c1. The summed E-state index contributed by atoms with van der Waals surface area (Å²) < 4.78 is 0. The van der Waals surface area contributed by atoms with Gasteiger partial charge in [0.1, 0.15) is 11.5 Å². The third-order valence-electron chi connectivity index (χ3n) is 7.88. The standard InChI is InChI=1S/C37H30N2O2S2/c1-21-17-25(35(40)27(18-21)31-7-5-15-42-31)29-13-11-22-9-10-23-12-14-30(39-34(23)33(22)38-29)26-19-24(37(2,3)4)20-28(36(26)41)32-8-6-16-43-32/h5-20,40-41H,1-4H3. The molecule has 3 aromatic carbocycles. The second kappa shape index (κ2) is 10.3. The molecule has 4 heterocycles. The Hall–Kier alpha value is -4.52. The molecule has 4 aromatic heterocycles. The van der Waals surface area contributed by atoms with Crippen molar-refractivity contribution in [3.63, 3.8) is 0 Å². The van der Waals surface area contributed by atoms with E-state index in [2.05, 4.69) is 45.0 Å². The molecule has 0 aliphatic rings. The minimum absolute atomic E-state index is 0.119. The zero-order valence-electron chi connectivity index (χ0n) is 24.3. The van der Waals surface area contributed by atoms with Crippen molar-refractivity contribution in [2.45, 2.75) is 33.1 Å². The van der Waals surface area contributed by atoms with Gasteiger partial charge in [-0.1, -0.05) is 57.2 Å². The summed E-state index contributed by atoms with van der Waals surface area (Å²) in [5.74, 6) is 0.445. The summed E-state index contributed by atoms with van der Waals surface area (Å²) >= 11 is 3.21. The first-order chi connectivity index (χ1) is 20.7. The van der Waals surface area contributed by atoms with Crippen molar-refractivity contribution in [1.29, 1.82) is 0 Å². The van der Waals surface area contributed by atoms with Crippen molar-refractivity contribution in [3.8, 4) is 54.9 Å². The van der Waals surface area contributed by atoms with E-state index in [4.69, 9.17) is 9.97 Å². The molecule has 0 saturated heterocycles. The molecule has 7 aromatic rings. The van der Waals surface area contributed by atoms with Gasteiger partial charge in [0.2, 0.25) is 0 Å². The van der Waals surface area contributed by atoms with E-state index in [9.17, 15) is 10.2 Å². The molecular weight excluding hydrogens is 569 g/mol. The molecule has 0 aliphatic carbocycles. The fourth-order valence-corrected chi connectivity index (χ4v) is 7.03. The van der Waals surface area contributed by atoms with Crippen molar-refractivity contribution in [1.82, 2.24) is 9.97 Å². The second-order valence-corrected chi connectivity index (χ2v) is 13.8. The Labute approximate surface area is 258 Å². The first kappa shape index (κ1) is 27.3. The van der Waals surface area contributed by atoms with E-state index in [0.717, 1.165) is 53.8 Å². The molecule has 0 fully saturated rings. The molecule has 0 amide bonds. The minimum atomic E-state index is -0.119. The summed E-state index contributed by atoms with van der Waals surface area (Å²) in [4.78, 5) is 12.3. The molecule has 0 bridgehead atoms. The molecule has 0 radical (unpaired) electrons. The van der Waals surface area contributed by atoms with E-state index in [1.54, 1.807) is 22.7 Å². The molecule has 2 N–H and O–H groups in total. The number of nitrogens with zero attached hydrogens (tertiary/aromatic N) is 2. The van der Waals surface area contributed by atoms with Gasteiger partial charge in [-0.15, -0.1) is 22.7 Å². The first-order valence-electron chi connectivity index (χ1n) is 14.2. The highest BCUT2D eigenvalue weighted by Crippen LogP contribution is 2.44. The molecule has 0 aliphatic heterocycles. The van der Waals surface area contributed by atoms with E-state index in [1.807, 2.05) is 78.3 Å². The Balaban J connectivity index is 1.43. The maximum atomic E-state index is 11.6. The Morgan fingerprint density at radius 3 is 1.51 bits per heavy atom. The van der Waals surface area contributed by atoms with Gasteiger partial charge in [-0.25, -0.2) is 9.97 Å². The lowest BCUT2D eigenvalue weighted by molar-refractivity contribution is 0.478. The predicted octanol–water partition coefficient (Wildman–Crippen LogP) is 10.6. The maximum Gasteiger partial charge on any atom is 0.133 e. The number of thiophene rings is 2. The average Bonchev–Trinajstić information content (AvgIpc) is 3.72. The zero-order chi connectivity index (χ0) is 29.9. The molecule has 0 spiro atoms. The lowest BCUT2D eigenvalue weighted by Gasteiger charge is -2.22. The van der Waals surface area contributed by atoms with Gasteiger partial charge < -0.3 is 10.2 Å². The minimum Gasteiger partial charge on any atom is -0.507 e. The summed E-state index contributed by atoms with van der Waals surface area (Å²) in [7, 11) is 0. The fourth-order valence-electron chi connectivity index (χ4n) is 5.54. The summed E-state index contributed by atoms with van der Waals surface area (Å²) in [5, 5.41) is 28.9. The molecule has 0 unspecified atom stereocenters. The van der Waals surface area contributed by atoms with Gasteiger partial charge in [-0.3, -0.25) is 0 Å². The van der Waals surface area contributed by atoms with Crippen molar-refractivity contribution >= 4 is 44.5 Å². The summed E-state index contributed by atoms with van der Waals surface area (Å²) in [6.07, 6.45) is 0. The topological polar surface area (TPSA) is 66.2 Å². The third-order valence-corrected chi connectivity index (χ3v) is 9.68. The van der Waals surface area contributed by atoms with Crippen LogP contribution in [-0.2, 0) is 5.41 Å². The first-order valence-corrected chi connectivity index (χ1v) is 15.9. The Morgan fingerprint density at radius 2 is 1.02 bits per heavy atom. The number of phenolic OH excluding ortho intramolecular Hbond substituents is 2. The number of phenols is 2. The monoisotopic (exact) mass is 598 g/mol. The molecule has 6 heteroatoms. The van der Waals surface area contributed by atoms with Crippen LogP contribution < -0.4 is 0 Å². The number of aryl methyl sites for hydroxylation is 1. The van der Waals surface area contributed by atoms with Crippen molar-refractivity contribution in [2.75, 3.05) is 0 Å². The number of benzene rings is 3. The molecule has 4 nitrogen and oxygen atoms in total. The highest BCUT2D eigenvalue weighted by molar-refractivity contribution is 7.13. The van der Waals surface area contributed by atoms with Crippen LogP contribution in [0.2, 0.25) is 0 Å². The van der Waals surface area contributed by atoms with Gasteiger partial charge in [0.25, 0.3) is 0 Å². The Kier molecular flexibility index (Phi) is 6.56. The second-order valence-electron chi connectivity index (χ2n) is 11.9. The molecule has 0 saturated carbocycles.